The molecule has 2 N–H and O–H groups in total. The van der Waals surface area contributed by atoms with Crippen LogP contribution in [0.25, 0.3) is 0 Å². The molecule has 0 aliphatic heterocycles. The van der Waals surface area contributed by atoms with E-state index in [1.54, 1.807) is 17.5 Å². The van der Waals surface area contributed by atoms with Crippen LogP contribution in [0, 0.1) is 6.92 Å². The lowest BCUT2D eigenvalue weighted by molar-refractivity contribution is 1.01. The Morgan fingerprint density at radius 1 is 1.33 bits per heavy atom. The van der Waals surface area contributed by atoms with Crippen LogP contribution in [0.3, 0.4) is 0 Å². The number of halogens is 1. The van der Waals surface area contributed by atoms with Crippen molar-refractivity contribution < 1.29 is 0 Å². The van der Waals surface area contributed by atoms with E-state index in [-0.39, 0.29) is 0 Å². The fourth-order valence-corrected chi connectivity index (χ4v) is 2.34. The van der Waals surface area contributed by atoms with Crippen molar-refractivity contribution in [3.63, 3.8) is 0 Å². The third kappa shape index (κ3) is 3.39. The molecular weight excluding hydrogens is 314 g/mol. The van der Waals surface area contributed by atoms with E-state index in [9.17, 15) is 0 Å². The van der Waals surface area contributed by atoms with Gasteiger partial charge >= 0.3 is 0 Å². The maximum atomic E-state index is 4.40. The van der Waals surface area contributed by atoms with Gasteiger partial charge < -0.3 is 10.6 Å². The van der Waals surface area contributed by atoms with Gasteiger partial charge in [0.05, 0.1) is 21.7 Å². The molecule has 0 aliphatic carbocycles. The summed E-state index contributed by atoms with van der Waals surface area (Å²) < 4.78 is 0.844. The number of nitrogens with one attached hydrogen (secondary N) is 2. The third-order valence-electron chi connectivity index (χ3n) is 2.18. The molecule has 2 rings (SSSR count). The summed E-state index contributed by atoms with van der Waals surface area (Å²) in [5.41, 5.74) is 1.02. The zero-order valence-corrected chi connectivity index (χ0v) is 12.6. The third-order valence-corrected chi connectivity index (χ3v) is 3.59. The van der Waals surface area contributed by atoms with E-state index in [4.69, 9.17) is 0 Å². The molecule has 0 fully saturated rings. The first-order chi connectivity index (χ1) is 8.69. The van der Waals surface area contributed by atoms with Crippen molar-refractivity contribution in [3.05, 3.63) is 26.8 Å². The standard InChI is InChI=1S/C11H14BrN5S/c1-3-13-11-15-5-9(12)10(17-11)14-4-8-6-18-7(2)16-8/h5-6H,3-4H2,1-2H3,(H2,13,14,15,17). The van der Waals surface area contributed by atoms with Crippen LogP contribution in [0.5, 0.6) is 0 Å². The lowest BCUT2D eigenvalue weighted by Gasteiger charge is -2.08. The Labute approximate surface area is 118 Å². The van der Waals surface area contributed by atoms with Gasteiger partial charge in [0.1, 0.15) is 5.82 Å². The second-order valence-corrected chi connectivity index (χ2v) is 5.55. The zero-order chi connectivity index (χ0) is 13.0. The van der Waals surface area contributed by atoms with Crippen LogP contribution in [0.1, 0.15) is 17.6 Å². The van der Waals surface area contributed by atoms with Crippen molar-refractivity contribution in [2.24, 2.45) is 0 Å². The molecule has 2 aromatic rings. The molecule has 0 bridgehead atoms. The zero-order valence-electron chi connectivity index (χ0n) is 10.2. The second-order valence-electron chi connectivity index (χ2n) is 3.63. The highest BCUT2D eigenvalue weighted by molar-refractivity contribution is 9.10. The predicted molar refractivity (Wildman–Crippen MR) is 78.1 cm³/mol. The lowest BCUT2D eigenvalue weighted by atomic mass is 10.4. The van der Waals surface area contributed by atoms with Gasteiger partial charge in [-0.25, -0.2) is 9.97 Å². The molecule has 18 heavy (non-hydrogen) atoms. The van der Waals surface area contributed by atoms with Gasteiger partial charge in [-0.15, -0.1) is 11.3 Å². The normalized spacial score (nSPS) is 10.4. The monoisotopic (exact) mass is 327 g/mol. The highest BCUT2D eigenvalue weighted by atomic mass is 79.9. The van der Waals surface area contributed by atoms with Crippen LogP contribution in [-0.2, 0) is 6.54 Å². The van der Waals surface area contributed by atoms with E-state index in [1.165, 1.54) is 0 Å². The molecule has 0 aromatic carbocycles. The number of aromatic nitrogens is 3. The average Bonchev–Trinajstić information content (AvgIpc) is 2.76. The van der Waals surface area contributed by atoms with Gasteiger partial charge in [-0.1, -0.05) is 0 Å². The molecule has 7 heteroatoms. The number of anilines is 2. The van der Waals surface area contributed by atoms with Crippen LogP contribution >= 0.6 is 27.3 Å². The Bertz CT molecular complexity index is 528. The lowest BCUT2D eigenvalue weighted by Crippen LogP contribution is -2.07. The van der Waals surface area contributed by atoms with Crippen molar-refractivity contribution in [2.45, 2.75) is 20.4 Å². The van der Waals surface area contributed by atoms with E-state index in [1.807, 2.05) is 19.2 Å². The second kappa shape index (κ2) is 6.10. The highest BCUT2D eigenvalue weighted by Crippen LogP contribution is 2.21. The number of aryl methyl sites for hydroxylation is 1. The van der Waals surface area contributed by atoms with Crippen LogP contribution in [0.2, 0.25) is 0 Å². The number of nitrogens with zero attached hydrogens (tertiary/aromatic N) is 3. The van der Waals surface area contributed by atoms with E-state index in [0.29, 0.717) is 12.5 Å². The van der Waals surface area contributed by atoms with Crippen molar-refractivity contribution in [2.75, 3.05) is 17.2 Å². The first kappa shape index (κ1) is 13.2. The van der Waals surface area contributed by atoms with Gasteiger partial charge in [0.25, 0.3) is 0 Å². The molecule has 96 valence electrons. The largest absolute Gasteiger partial charge is 0.363 e. The van der Waals surface area contributed by atoms with E-state index in [0.717, 1.165) is 27.5 Å². The van der Waals surface area contributed by atoms with Gasteiger partial charge in [-0.2, -0.15) is 4.98 Å². The summed E-state index contributed by atoms with van der Waals surface area (Å²) in [7, 11) is 0. The smallest absolute Gasteiger partial charge is 0.224 e. The molecule has 0 unspecified atom stereocenters. The molecule has 0 saturated heterocycles. The Kier molecular flexibility index (Phi) is 4.48. The first-order valence-corrected chi connectivity index (χ1v) is 7.27. The molecule has 0 spiro atoms. The molecule has 0 saturated carbocycles. The summed E-state index contributed by atoms with van der Waals surface area (Å²) in [6.45, 7) is 5.46. The fourth-order valence-electron chi connectivity index (χ4n) is 1.40. The predicted octanol–water partition coefficient (Wildman–Crippen LogP) is 3.05. The van der Waals surface area contributed by atoms with Crippen molar-refractivity contribution in [3.8, 4) is 0 Å². The molecule has 5 nitrogen and oxygen atoms in total. The van der Waals surface area contributed by atoms with Gasteiger partial charge in [-0.3, -0.25) is 0 Å². The quantitative estimate of drug-likeness (QED) is 0.883. The molecule has 2 aromatic heterocycles. The van der Waals surface area contributed by atoms with E-state index < -0.39 is 0 Å². The Morgan fingerprint density at radius 2 is 2.17 bits per heavy atom. The highest BCUT2D eigenvalue weighted by Gasteiger charge is 2.05. The molecular formula is C11H14BrN5S. The van der Waals surface area contributed by atoms with E-state index in [2.05, 4.69) is 41.5 Å². The first-order valence-electron chi connectivity index (χ1n) is 5.60. The summed E-state index contributed by atoms with van der Waals surface area (Å²) in [6.07, 6.45) is 1.74. The number of thiazole rings is 1. The van der Waals surface area contributed by atoms with E-state index >= 15 is 0 Å². The molecule has 0 amide bonds. The average molecular weight is 328 g/mol. The number of rotatable bonds is 5. The van der Waals surface area contributed by atoms with Crippen LogP contribution in [0.4, 0.5) is 11.8 Å². The Balaban J connectivity index is 2.05. The Morgan fingerprint density at radius 3 is 2.83 bits per heavy atom. The van der Waals surface area contributed by atoms with Crippen molar-refractivity contribution in [1.82, 2.24) is 15.0 Å². The van der Waals surface area contributed by atoms with Crippen LogP contribution in [-0.4, -0.2) is 21.5 Å². The molecule has 0 aliphatic rings. The van der Waals surface area contributed by atoms with Gasteiger partial charge in [0.2, 0.25) is 5.95 Å². The number of hydrogen-bond acceptors (Lipinski definition) is 6. The summed E-state index contributed by atoms with van der Waals surface area (Å²) in [6, 6.07) is 0. The summed E-state index contributed by atoms with van der Waals surface area (Å²) in [4.78, 5) is 12.9. The van der Waals surface area contributed by atoms with Crippen molar-refractivity contribution >= 4 is 39.0 Å². The van der Waals surface area contributed by atoms with Gasteiger partial charge in [-0.05, 0) is 29.8 Å². The van der Waals surface area contributed by atoms with Crippen molar-refractivity contribution in [1.29, 1.82) is 0 Å². The molecule has 0 atom stereocenters. The number of hydrogen-bond donors (Lipinski definition) is 2. The fraction of sp³-hybridized carbons (Fsp3) is 0.364. The summed E-state index contributed by atoms with van der Waals surface area (Å²) >= 11 is 5.07. The Hall–Kier alpha value is -1.21. The summed E-state index contributed by atoms with van der Waals surface area (Å²) in [5.74, 6) is 1.39. The van der Waals surface area contributed by atoms with Crippen LogP contribution in [0.15, 0.2) is 16.0 Å². The van der Waals surface area contributed by atoms with Gasteiger partial charge in [0, 0.05) is 18.1 Å². The maximum Gasteiger partial charge on any atom is 0.224 e. The minimum absolute atomic E-state index is 0.623. The topological polar surface area (TPSA) is 62.7 Å². The van der Waals surface area contributed by atoms with Crippen LogP contribution < -0.4 is 10.6 Å². The molecule has 2 heterocycles. The van der Waals surface area contributed by atoms with Gasteiger partial charge in [0.15, 0.2) is 0 Å². The summed E-state index contributed by atoms with van der Waals surface area (Å²) in [5, 5.41) is 9.44. The SMILES string of the molecule is CCNc1ncc(Br)c(NCc2csc(C)n2)n1. The minimum Gasteiger partial charge on any atom is -0.363 e. The molecule has 0 radical (unpaired) electrons. The maximum absolute atomic E-state index is 4.40. The minimum atomic E-state index is 0.623.